The van der Waals surface area contributed by atoms with Crippen molar-refractivity contribution in [2.45, 2.75) is 31.7 Å². The zero-order valence-electron chi connectivity index (χ0n) is 11.8. The monoisotopic (exact) mass is 335 g/mol. The van der Waals surface area contributed by atoms with Crippen LogP contribution in [-0.4, -0.2) is 46.9 Å². The largest absolute Gasteiger partial charge is 0.462 e. The molecule has 0 unspecified atom stereocenters. The van der Waals surface area contributed by atoms with Gasteiger partial charge in [0, 0.05) is 17.2 Å². The number of hydrogen-bond acceptors (Lipinski definition) is 6. The third-order valence-corrected chi connectivity index (χ3v) is 7.56. The molecule has 0 aliphatic carbocycles. The van der Waals surface area contributed by atoms with Gasteiger partial charge in [-0.15, -0.1) is 3.77 Å². The second kappa shape index (κ2) is 5.76. The molecule has 0 saturated carbocycles. The maximum atomic E-state index is 12.3. The number of rotatable bonds is 4. The molecule has 0 atom stereocenters. The standard InChI is InChI=1S/C11H17N3O5S2/c1-3-19-11(15)9-8(2)12-13-10(9)21(17,18)14-20(16)6-4-5-7-20/h3-7H2,1-2H3,(H,12,13). The Balaban J connectivity index is 2.52. The molecule has 0 spiro atoms. The van der Waals surface area contributed by atoms with Crippen molar-refractivity contribution in [3.8, 4) is 0 Å². The summed E-state index contributed by atoms with van der Waals surface area (Å²) in [7, 11) is -7.04. The summed E-state index contributed by atoms with van der Waals surface area (Å²) in [5.74, 6) is -0.284. The summed E-state index contributed by atoms with van der Waals surface area (Å²) in [6.45, 7) is 3.23. The Morgan fingerprint density at radius 2 is 2.05 bits per heavy atom. The third-order valence-electron chi connectivity index (χ3n) is 3.05. The Labute approximate surface area is 123 Å². The average molecular weight is 335 g/mol. The minimum Gasteiger partial charge on any atom is -0.462 e. The van der Waals surface area contributed by atoms with Crippen molar-refractivity contribution < 1.29 is 22.2 Å². The Bertz CT molecular complexity index is 760. The number of H-pyrrole nitrogens is 1. The highest BCUT2D eigenvalue weighted by atomic mass is 32.3. The van der Waals surface area contributed by atoms with E-state index in [0.29, 0.717) is 12.8 Å². The predicted molar refractivity (Wildman–Crippen MR) is 76.0 cm³/mol. The first kappa shape index (κ1) is 16.0. The molecule has 0 aromatic carbocycles. The number of ether oxygens (including phenoxy) is 1. The van der Waals surface area contributed by atoms with Crippen molar-refractivity contribution in [1.82, 2.24) is 10.2 Å². The smallest absolute Gasteiger partial charge is 0.343 e. The minimum atomic E-state index is -4.27. The summed E-state index contributed by atoms with van der Waals surface area (Å²) in [6, 6.07) is 0. The number of nitrogens with one attached hydrogen (secondary N) is 1. The molecule has 1 aliphatic heterocycles. The lowest BCUT2D eigenvalue weighted by molar-refractivity contribution is 0.0521. The number of hydrogen-bond donors (Lipinski definition) is 1. The molecule has 0 bridgehead atoms. The number of aromatic nitrogens is 2. The van der Waals surface area contributed by atoms with Gasteiger partial charge in [0.2, 0.25) is 5.03 Å². The van der Waals surface area contributed by atoms with E-state index in [9.17, 15) is 17.4 Å². The average Bonchev–Trinajstić information content (AvgIpc) is 2.95. The molecule has 1 aromatic heterocycles. The first-order valence-electron chi connectivity index (χ1n) is 6.50. The molecule has 2 rings (SSSR count). The molecule has 1 aromatic rings. The number of aromatic amines is 1. The second-order valence-electron chi connectivity index (χ2n) is 4.69. The van der Waals surface area contributed by atoms with E-state index in [4.69, 9.17) is 4.74 Å². The molecule has 0 amide bonds. The van der Waals surface area contributed by atoms with E-state index < -0.39 is 30.7 Å². The highest BCUT2D eigenvalue weighted by Crippen LogP contribution is 2.23. The van der Waals surface area contributed by atoms with E-state index >= 15 is 0 Å². The van der Waals surface area contributed by atoms with Crippen LogP contribution in [0.2, 0.25) is 0 Å². The molecule has 10 heteroatoms. The molecule has 118 valence electrons. The van der Waals surface area contributed by atoms with Crippen LogP contribution in [0.5, 0.6) is 0 Å². The maximum absolute atomic E-state index is 12.3. The highest BCUT2D eigenvalue weighted by molar-refractivity contribution is 8.03. The zero-order valence-corrected chi connectivity index (χ0v) is 13.4. The van der Waals surface area contributed by atoms with Gasteiger partial charge in [-0.2, -0.15) is 13.5 Å². The Morgan fingerprint density at radius 3 is 2.62 bits per heavy atom. The van der Waals surface area contributed by atoms with E-state index in [0.717, 1.165) is 0 Å². The molecular weight excluding hydrogens is 318 g/mol. The first-order chi connectivity index (χ1) is 9.79. The van der Waals surface area contributed by atoms with Gasteiger partial charge in [0.15, 0.2) is 0 Å². The minimum absolute atomic E-state index is 0.108. The lowest BCUT2D eigenvalue weighted by atomic mass is 10.3. The summed E-state index contributed by atoms with van der Waals surface area (Å²) >= 11 is 0. The van der Waals surface area contributed by atoms with Gasteiger partial charge in [-0.05, 0) is 26.7 Å². The lowest BCUT2D eigenvalue weighted by Crippen LogP contribution is -2.13. The van der Waals surface area contributed by atoms with Crippen LogP contribution < -0.4 is 0 Å². The van der Waals surface area contributed by atoms with E-state index in [2.05, 4.69) is 14.0 Å². The molecule has 1 saturated heterocycles. The number of carbonyl (C=O) groups is 1. The van der Waals surface area contributed by atoms with Crippen LogP contribution in [0.1, 0.15) is 35.8 Å². The van der Waals surface area contributed by atoms with E-state index in [1.807, 2.05) is 0 Å². The van der Waals surface area contributed by atoms with Gasteiger partial charge >= 0.3 is 16.0 Å². The van der Waals surface area contributed by atoms with Crippen molar-refractivity contribution in [3.63, 3.8) is 0 Å². The van der Waals surface area contributed by atoms with Crippen molar-refractivity contribution in [2.75, 3.05) is 18.1 Å². The van der Waals surface area contributed by atoms with Crippen LogP contribution in [-0.2, 0) is 24.5 Å². The molecule has 1 aliphatic rings. The first-order valence-corrected chi connectivity index (χ1v) is 9.79. The number of carbonyl (C=O) groups excluding carboxylic acids is 1. The Kier molecular flexibility index (Phi) is 4.38. The van der Waals surface area contributed by atoms with Crippen LogP contribution >= 0.6 is 0 Å². The van der Waals surface area contributed by atoms with Gasteiger partial charge < -0.3 is 4.74 Å². The summed E-state index contributed by atoms with van der Waals surface area (Å²) < 4.78 is 45.2. The quantitative estimate of drug-likeness (QED) is 0.815. The number of aryl methyl sites for hydroxylation is 1. The SMILES string of the molecule is CCOC(=O)c1c(S(=O)(=O)N=S2(=O)CCCC2)n[nH]c1C. The fourth-order valence-electron chi connectivity index (χ4n) is 2.08. The van der Waals surface area contributed by atoms with Gasteiger partial charge in [-0.25, -0.2) is 9.00 Å². The summed E-state index contributed by atoms with van der Waals surface area (Å²) in [5, 5.41) is 5.55. The highest BCUT2D eigenvalue weighted by Gasteiger charge is 2.31. The van der Waals surface area contributed by atoms with E-state index in [1.54, 1.807) is 6.92 Å². The molecule has 21 heavy (non-hydrogen) atoms. The summed E-state index contributed by atoms with van der Waals surface area (Å²) in [6.07, 6.45) is 1.37. The van der Waals surface area contributed by atoms with Crippen molar-refractivity contribution in [2.24, 2.45) is 3.77 Å². The lowest BCUT2D eigenvalue weighted by Gasteiger charge is -2.04. The van der Waals surface area contributed by atoms with E-state index in [1.165, 1.54) is 6.92 Å². The van der Waals surface area contributed by atoms with Gasteiger partial charge in [0.05, 0.1) is 16.3 Å². The third kappa shape index (κ3) is 3.26. The Morgan fingerprint density at radius 1 is 1.43 bits per heavy atom. The second-order valence-corrected chi connectivity index (χ2v) is 8.98. The summed E-state index contributed by atoms with van der Waals surface area (Å²) in [5.41, 5.74) is 0.0881. The fourth-order valence-corrected chi connectivity index (χ4v) is 6.56. The fraction of sp³-hybridized carbons (Fsp3) is 0.636. The van der Waals surface area contributed by atoms with Crippen LogP contribution in [0.15, 0.2) is 8.79 Å². The van der Waals surface area contributed by atoms with Crippen molar-refractivity contribution >= 4 is 25.7 Å². The molecule has 0 radical (unpaired) electrons. The zero-order chi connectivity index (χ0) is 15.7. The van der Waals surface area contributed by atoms with Gasteiger partial charge in [-0.3, -0.25) is 5.10 Å². The van der Waals surface area contributed by atoms with Crippen LogP contribution in [0.4, 0.5) is 0 Å². The van der Waals surface area contributed by atoms with Gasteiger partial charge in [-0.1, -0.05) is 0 Å². The Hall–Kier alpha value is -1.42. The van der Waals surface area contributed by atoms with Gasteiger partial charge in [0.25, 0.3) is 0 Å². The van der Waals surface area contributed by atoms with Crippen LogP contribution in [0.3, 0.4) is 0 Å². The number of sulfonamides is 1. The van der Waals surface area contributed by atoms with Crippen LogP contribution in [0, 0.1) is 6.92 Å². The topological polar surface area (TPSA) is 119 Å². The normalized spacial score (nSPS) is 17.6. The van der Waals surface area contributed by atoms with Crippen LogP contribution in [0.25, 0.3) is 0 Å². The van der Waals surface area contributed by atoms with Gasteiger partial charge in [0.1, 0.15) is 5.56 Å². The molecule has 2 heterocycles. The summed E-state index contributed by atoms with van der Waals surface area (Å²) in [4.78, 5) is 11.9. The number of esters is 1. The molecular formula is C11H17N3O5S2. The van der Waals surface area contributed by atoms with E-state index in [-0.39, 0.29) is 29.4 Å². The molecule has 1 N–H and O–H groups in total. The molecule has 8 nitrogen and oxygen atoms in total. The predicted octanol–water partition coefficient (Wildman–Crippen LogP) is 0.845. The molecule has 1 fully saturated rings. The van der Waals surface area contributed by atoms with Crippen molar-refractivity contribution in [1.29, 1.82) is 0 Å². The van der Waals surface area contributed by atoms with Crippen molar-refractivity contribution in [3.05, 3.63) is 11.3 Å². The number of nitrogens with zero attached hydrogens (tertiary/aromatic N) is 2. The maximum Gasteiger partial charge on any atom is 0.343 e.